The first-order valence-electron chi connectivity index (χ1n) is 7.52. The van der Waals surface area contributed by atoms with Gasteiger partial charge in [-0.3, -0.25) is 19.3 Å². The van der Waals surface area contributed by atoms with Crippen LogP contribution in [0, 0.1) is 0 Å². The van der Waals surface area contributed by atoms with Gasteiger partial charge in [0.05, 0.1) is 6.04 Å². The van der Waals surface area contributed by atoms with E-state index in [-0.39, 0.29) is 23.8 Å². The second-order valence-corrected chi connectivity index (χ2v) is 6.69. The molecule has 2 heterocycles. The van der Waals surface area contributed by atoms with Gasteiger partial charge < -0.3 is 4.90 Å². The third-order valence-corrected chi connectivity index (χ3v) is 4.88. The number of carbonyl (C=O) groups excluding carboxylic acids is 3. The van der Waals surface area contributed by atoms with Crippen LogP contribution in [0.15, 0.2) is 18.2 Å². The van der Waals surface area contributed by atoms with Crippen LogP contribution in [0.25, 0.3) is 0 Å². The number of carbonyl (C=O) groups is 3. The van der Waals surface area contributed by atoms with E-state index in [1.165, 1.54) is 4.90 Å². The first-order valence-corrected chi connectivity index (χ1v) is 8.28. The van der Waals surface area contributed by atoms with Gasteiger partial charge in [-0.2, -0.15) is 0 Å². The fourth-order valence-corrected chi connectivity index (χ4v) is 3.45. The Morgan fingerprint density at radius 1 is 1.13 bits per heavy atom. The van der Waals surface area contributed by atoms with Gasteiger partial charge in [-0.1, -0.05) is 29.3 Å². The van der Waals surface area contributed by atoms with Crippen molar-refractivity contribution in [1.29, 1.82) is 0 Å². The van der Waals surface area contributed by atoms with Crippen molar-refractivity contribution < 1.29 is 14.4 Å². The van der Waals surface area contributed by atoms with Crippen LogP contribution in [0.1, 0.15) is 24.8 Å². The average molecular weight is 355 g/mol. The first-order chi connectivity index (χ1) is 11.0. The number of likely N-dealkylation sites (tertiary alicyclic amines) is 2. The molecule has 122 valence electrons. The minimum Gasteiger partial charge on any atom is -0.338 e. The zero-order valence-electron chi connectivity index (χ0n) is 12.4. The van der Waals surface area contributed by atoms with E-state index in [1.807, 2.05) is 6.07 Å². The third-order valence-electron chi connectivity index (χ3n) is 4.29. The number of hydrogen-bond donors (Lipinski definition) is 0. The lowest BCUT2D eigenvalue weighted by Gasteiger charge is -2.43. The Hall–Kier alpha value is -1.59. The van der Waals surface area contributed by atoms with Gasteiger partial charge in [0.2, 0.25) is 17.7 Å². The van der Waals surface area contributed by atoms with Gasteiger partial charge in [-0.05, 0) is 24.1 Å². The molecule has 3 rings (SSSR count). The Balaban J connectivity index is 1.49. The highest BCUT2D eigenvalue weighted by Gasteiger charge is 2.42. The van der Waals surface area contributed by atoms with Gasteiger partial charge in [-0.25, -0.2) is 0 Å². The van der Waals surface area contributed by atoms with Crippen molar-refractivity contribution in [2.45, 2.75) is 31.7 Å². The van der Waals surface area contributed by atoms with E-state index < -0.39 is 0 Å². The van der Waals surface area contributed by atoms with Crippen LogP contribution in [0.2, 0.25) is 10.0 Å². The molecule has 0 saturated carbocycles. The van der Waals surface area contributed by atoms with E-state index in [2.05, 4.69) is 0 Å². The van der Waals surface area contributed by atoms with E-state index in [0.29, 0.717) is 48.8 Å². The molecule has 1 aromatic rings. The second-order valence-electron chi connectivity index (χ2n) is 5.85. The second kappa shape index (κ2) is 6.49. The normalized spacial score (nSPS) is 18.5. The molecule has 0 radical (unpaired) electrons. The van der Waals surface area contributed by atoms with Crippen molar-refractivity contribution in [1.82, 2.24) is 9.80 Å². The smallest absolute Gasteiger partial charge is 0.230 e. The van der Waals surface area contributed by atoms with Crippen molar-refractivity contribution in [2.75, 3.05) is 13.1 Å². The van der Waals surface area contributed by atoms with Gasteiger partial charge in [0, 0.05) is 42.4 Å². The summed E-state index contributed by atoms with van der Waals surface area (Å²) in [5, 5.41) is 1.12. The zero-order chi connectivity index (χ0) is 16.6. The lowest BCUT2D eigenvalue weighted by molar-refractivity contribution is -0.151. The summed E-state index contributed by atoms with van der Waals surface area (Å²) >= 11 is 11.9. The molecule has 2 aliphatic rings. The summed E-state index contributed by atoms with van der Waals surface area (Å²) in [5.74, 6) is -0.244. The van der Waals surface area contributed by atoms with Crippen molar-refractivity contribution in [2.24, 2.45) is 0 Å². The summed E-state index contributed by atoms with van der Waals surface area (Å²) in [7, 11) is 0. The Morgan fingerprint density at radius 2 is 1.78 bits per heavy atom. The van der Waals surface area contributed by atoms with E-state index >= 15 is 0 Å². The summed E-state index contributed by atoms with van der Waals surface area (Å²) in [6.07, 6.45) is 1.46. The predicted octanol–water partition coefficient (Wildman–Crippen LogP) is 2.29. The van der Waals surface area contributed by atoms with E-state index in [9.17, 15) is 14.4 Å². The van der Waals surface area contributed by atoms with Crippen molar-refractivity contribution in [3.63, 3.8) is 0 Å². The maximum Gasteiger partial charge on any atom is 0.230 e. The molecule has 7 heteroatoms. The van der Waals surface area contributed by atoms with Crippen LogP contribution >= 0.6 is 23.2 Å². The molecule has 0 aliphatic carbocycles. The fraction of sp³-hybridized carbons (Fsp3) is 0.438. The van der Waals surface area contributed by atoms with E-state index in [1.54, 1.807) is 17.0 Å². The van der Waals surface area contributed by atoms with Gasteiger partial charge in [0.15, 0.2) is 0 Å². The number of amides is 3. The van der Waals surface area contributed by atoms with Gasteiger partial charge in [-0.15, -0.1) is 0 Å². The number of benzene rings is 1. The molecule has 0 N–H and O–H groups in total. The monoisotopic (exact) mass is 354 g/mol. The molecule has 0 atom stereocenters. The molecule has 5 nitrogen and oxygen atoms in total. The standard InChI is InChI=1S/C16H16Cl2N2O3/c17-11-3-1-10(13(18)7-11)2-4-14(21)19-8-12(9-19)20-15(22)5-6-16(20)23/h1,3,7,12H,2,4-6,8-9H2. The molecule has 2 fully saturated rings. The number of aryl methyl sites for hydroxylation is 1. The van der Waals surface area contributed by atoms with Crippen LogP contribution in [0.5, 0.6) is 0 Å². The molecule has 0 spiro atoms. The summed E-state index contributed by atoms with van der Waals surface area (Å²) in [6.45, 7) is 0.870. The van der Waals surface area contributed by atoms with Gasteiger partial charge in [0.25, 0.3) is 0 Å². The molecule has 0 aromatic heterocycles. The third kappa shape index (κ3) is 3.35. The summed E-state index contributed by atoms with van der Waals surface area (Å²) < 4.78 is 0. The van der Waals surface area contributed by atoms with E-state index in [0.717, 1.165) is 5.56 Å². The molecular weight excluding hydrogens is 339 g/mol. The SMILES string of the molecule is O=C(CCc1ccc(Cl)cc1Cl)N1CC(N2C(=O)CCC2=O)C1. The van der Waals surface area contributed by atoms with Crippen molar-refractivity contribution in [3.8, 4) is 0 Å². The number of halogens is 2. The number of imide groups is 1. The Labute approximate surface area is 144 Å². The molecule has 3 amide bonds. The van der Waals surface area contributed by atoms with Crippen molar-refractivity contribution in [3.05, 3.63) is 33.8 Å². The van der Waals surface area contributed by atoms with Crippen molar-refractivity contribution >= 4 is 40.9 Å². The quantitative estimate of drug-likeness (QED) is 0.779. The van der Waals surface area contributed by atoms with Crippen LogP contribution in [0.4, 0.5) is 0 Å². The fourth-order valence-electron chi connectivity index (χ4n) is 2.95. The predicted molar refractivity (Wildman–Crippen MR) is 86.2 cm³/mol. The summed E-state index contributed by atoms with van der Waals surface area (Å²) in [4.78, 5) is 38.5. The molecule has 23 heavy (non-hydrogen) atoms. The lowest BCUT2D eigenvalue weighted by Crippen LogP contribution is -2.62. The maximum absolute atomic E-state index is 12.2. The average Bonchev–Trinajstić information content (AvgIpc) is 2.77. The minimum atomic E-state index is -0.152. The molecular formula is C16H16Cl2N2O3. The summed E-state index contributed by atoms with van der Waals surface area (Å²) in [6, 6.07) is 5.07. The first kappa shape index (κ1) is 16.3. The Morgan fingerprint density at radius 3 is 2.39 bits per heavy atom. The molecule has 1 aromatic carbocycles. The van der Waals surface area contributed by atoms with Crippen LogP contribution < -0.4 is 0 Å². The zero-order valence-corrected chi connectivity index (χ0v) is 13.9. The largest absolute Gasteiger partial charge is 0.338 e. The van der Waals surface area contributed by atoms with Gasteiger partial charge in [0.1, 0.15) is 0 Å². The topological polar surface area (TPSA) is 57.7 Å². The van der Waals surface area contributed by atoms with Crippen LogP contribution in [-0.2, 0) is 20.8 Å². The molecule has 0 bridgehead atoms. The Bertz CT molecular complexity index is 655. The number of nitrogens with zero attached hydrogens (tertiary/aromatic N) is 2. The Kier molecular flexibility index (Phi) is 4.60. The number of rotatable bonds is 4. The molecule has 2 saturated heterocycles. The minimum absolute atomic E-state index is 0.00589. The van der Waals surface area contributed by atoms with Crippen LogP contribution in [-0.4, -0.2) is 46.7 Å². The summed E-state index contributed by atoms with van der Waals surface area (Å²) in [5.41, 5.74) is 0.881. The highest BCUT2D eigenvalue weighted by Crippen LogP contribution is 2.25. The van der Waals surface area contributed by atoms with Crippen LogP contribution in [0.3, 0.4) is 0 Å². The highest BCUT2D eigenvalue weighted by molar-refractivity contribution is 6.35. The molecule has 2 aliphatic heterocycles. The van der Waals surface area contributed by atoms with Gasteiger partial charge >= 0.3 is 0 Å². The molecule has 0 unspecified atom stereocenters. The lowest BCUT2D eigenvalue weighted by atomic mass is 10.0. The maximum atomic E-state index is 12.2. The number of hydrogen-bond acceptors (Lipinski definition) is 3. The van der Waals surface area contributed by atoms with E-state index in [4.69, 9.17) is 23.2 Å². The highest BCUT2D eigenvalue weighted by atomic mass is 35.5.